The fourth-order valence-corrected chi connectivity index (χ4v) is 5.70. The number of rotatable bonds is 6. The van der Waals surface area contributed by atoms with E-state index in [4.69, 9.17) is 19.8 Å². The van der Waals surface area contributed by atoms with Gasteiger partial charge in [0.15, 0.2) is 0 Å². The molecule has 0 unspecified atom stereocenters. The molecule has 0 amide bonds. The molecule has 5 aromatic rings. The molecule has 0 saturated carbocycles. The molecule has 4 aromatic carbocycles. The highest BCUT2D eigenvalue weighted by molar-refractivity contribution is 6.27. The lowest BCUT2D eigenvalue weighted by atomic mass is 9.76. The lowest BCUT2D eigenvalue weighted by molar-refractivity contribution is -0.159. The SMILES string of the molecule is O=C(O)C(=O)O.c1ccc2c(c1)CC[C@H](NCCc1c[nH]c3ccccc13)[C@H]2Cc1ccc2ccccc2c1. The predicted octanol–water partition coefficient (Wildman–Crippen LogP) is 5.95. The number of carboxylic acids is 2. The Morgan fingerprint density at radius 1 is 0.846 bits per heavy atom. The average molecular weight is 521 g/mol. The van der Waals surface area contributed by atoms with Crippen molar-refractivity contribution in [3.05, 3.63) is 119 Å². The highest BCUT2D eigenvalue weighted by Crippen LogP contribution is 2.35. The lowest BCUT2D eigenvalue weighted by Gasteiger charge is -2.35. The molecule has 2 atom stereocenters. The number of aryl methyl sites for hydroxylation is 1. The van der Waals surface area contributed by atoms with Gasteiger partial charge in [-0.3, -0.25) is 0 Å². The third-order valence-electron chi connectivity index (χ3n) is 7.59. The summed E-state index contributed by atoms with van der Waals surface area (Å²) in [5.74, 6) is -3.15. The third kappa shape index (κ3) is 6.19. The Morgan fingerprint density at radius 3 is 2.38 bits per heavy atom. The number of carbonyl (C=O) groups is 2. The number of benzene rings is 4. The van der Waals surface area contributed by atoms with Crippen molar-refractivity contribution in [3.8, 4) is 0 Å². The van der Waals surface area contributed by atoms with Crippen molar-refractivity contribution >= 4 is 33.6 Å². The molecule has 6 nitrogen and oxygen atoms in total. The summed E-state index contributed by atoms with van der Waals surface area (Å²) in [7, 11) is 0. The summed E-state index contributed by atoms with van der Waals surface area (Å²) in [5, 5.41) is 22.7. The number of carboxylic acid groups (broad SMARTS) is 2. The van der Waals surface area contributed by atoms with E-state index in [1.807, 2.05) is 0 Å². The van der Waals surface area contributed by atoms with Gasteiger partial charge in [0, 0.05) is 29.1 Å². The van der Waals surface area contributed by atoms with Gasteiger partial charge in [-0.05, 0) is 71.3 Å². The molecule has 0 aliphatic heterocycles. The first-order valence-electron chi connectivity index (χ1n) is 13.3. The summed E-state index contributed by atoms with van der Waals surface area (Å²) in [6.45, 7) is 1.00. The standard InChI is InChI=1S/C31H30N2.C2H2O4/c1-2-9-25-19-22(13-14-23(25)7-1)20-29-27-10-4-3-8-24(27)15-16-31(29)32-18-17-26-21-33-30-12-6-5-11-28(26)30;3-1(4)2(5)6/h1-14,19,21,29,31-33H,15-18,20H2;(H,3,4)(H,5,6)/t29-,31-;/m0./s1. The van der Waals surface area contributed by atoms with Gasteiger partial charge >= 0.3 is 11.9 Å². The highest BCUT2D eigenvalue weighted by atomic mass is 16.4. The molecule has 0 saturated heterocycles. The van der Waals surface area contributed by atoms with Crippen LogP contribution in [0.4, 0.5) is 0 Å². The number of fused-ring (bicyclic) bond motifs is 3. The molecule has 1 aliphatic carbocycles. The normalized spacial score (nSPS) is 16.3. The number of aliphatic carboxylic acids is 2. The van der Waals surface area contributed by atoms with Crippen LogP contribution in [0.5, 0.6) is 0 Å². The van der Waals surface area contributed by atoms with Crippen molar-refractivity contribution in [1.82, 2.24) is 10.3 Å². The van der Waals surface area contributed by atoms with E-state index in [2.05, 4.69) is 107 Å². The van der Waals surface area contributed by atoms with E-state index in [0.717, 1.165) is 25.8 Å². The Bertz CT molecular complexity index is 1590. The smallest absolute Gasteiger partial charge is 0.414 e. The Morgan fingerprint density at radius 2 is 1.56 bits per heavy atom. The number of aromatic nitrogens is 1. The van der Waals surface area contributed by atoms with Gasteiger partial charge < -0.3 is 20.5 Å². The molecule has 1 heterocycles. The van der Waals surface area contributed by atoms with Crippen LogP contribution in [0, 0.1) is 0 Å². The van der Waals surface area contributed by atoms with Crippen molar-refractivity contribution in [2.45, 2.75) is 37.6 Å². The van der Waals surface area contributed by atoms with E-state index in [-0.39, 0.29) is 0 Å². The van der Waals surface area contributed by atoms with Crippen LogP contribution in [0.1, 0.15) is 34.6 Å². The lowest BCUT2D eigenvalue weighted by Crippen LogP contribution is -2.40. The van der Waals surface area contributed by atoms with Crippen LogP contribution < -0.4 is 5.32 Å². The van der Waals surface area contributed by atoms with Crippen molar-refractivity contribution in [3.63, 3.8) is 0 Å². The van der Waals surface area contributed by atoms with Gasteiger partial charge in [0.1, 0.15) is 0 Å². The van der Waals surface area contributed by atoms with Gasteiger partial charge in [0.2, 0.25) is 0 Å². The number of H-pyrrole nitrogens is 1. The maximum Gasteiger partial charge on any atom is 0.414 e. The fourth-order valence-electron chi connectivity index (χ4n) is 5.70. The van der Waals surface area contributed by atoms with Crippen molar-refractivity contribution in [2.75, 3.05) is 6.54 Å². The molecule has 4 N–H and O–H groups in total. The molecule has 0 fully saturated rings. The Balaban J connectivity index is 0.000000465. The monoisotopic (exact) mass is 520 g/mol. The summed E-state index contributed by atoms with van der Waals surface area (Å²) in [6.07, 6.45) is 6.66. The summed E-state index contributed by atoms with van der Waals surface area (Å²) in [6, 6.07) is 33.8. The number of aromatic amines is 1. The highest BCUT2D eigenvalue weighted by Gasteiger charge is 2.29. The van der Waals surface area contributed by atoms with E-state index < -0.39 is 11.9 Å². The molecule has 39 heavy (non-hydrogen) atoms. The van der Waals surface area contributed by atoms with E-state index in [1.54, 1.807) is 0 Å². The quantitative estimate of drug-likeness (QED) is 0.207. The summed E-state index contributed by atoms with van der Waals surface area (Å²) in [5.41, 5.74) is 7.12. The minimum Gasteiger partial charge on any atom is -0.473 e. The van der Waals surface area contributed by atoms with Crippen molar-refractivity contribution in [2.24, 2.45) is 0 Å². The Kier molecular flexibility index (Phi) is 8.04. The van der Waals surface area contributed by atoms with Crippen LogP contribution in [0.25, 0.3) is 21.7 Å². The van der Waals surface area contributed by atoms with Crippen LogP contribution in [-0.4, -0.2) is 39.7 Å². The molecule has 1 aromatic heterocycles. The maximum atomic E-state index is 9.10. The summed E-state index contributed by atoms with van der Waals surface area (Å²) < 4.78 is 0. The largest absolute Gasteiger partial charge is 0.473 e. The molecule has 0 bridgehead atoms. The first kappa shape index (κ1) is 26.2. The zero-order valence-electron chi connectivity index (χ0n) is 21.6. The van der Waals surface area contributed by atoms with Crippen LogP contribution in [0.15, 0.2) is 97.2 Å². The zero-order valence-corrected chi connectivity index (χ0v) is 21.6. The Hall–Kier alpha value is -4.42. The minimum atomic E-state index is -1.82. The maximum absolute atomic E-state index is 9.10. The second-order valence-electron chi connectivity index (χ2n) is 10.0. The van der Waals surface area contributed by atoms with Gasteiger partial charge in [0.05, 0.1) is 0 Å². The van der Waals surface area contributed by atoms with Crippen LogP contribution in [-0.2, 0) is 28.9 Å². The molecule has 6 rings (SSSR count). The topological polar surface area (TPSA) is 102 Å². The molecule has 6 heteroatoms. The number of hydrogen-bond donors (Lipinski definition) is 4. The Labute approximate surface area is 227 Å². The number of nitrogens with one attached hydrogen (secondary N) is 2. The number of para-hydroxylation sites is 1. The summed E-state index contributed by atoms with van der Waals surface area (Å²) >= 11 is 0. The van der Waals surface area contributed by atoms with Crippen LogP contribution in [0.2, 0.25) is 0 Å². The van der Waals surface area contributed by atoms with E-state index in [9.17, 15) is 0 Å². The van der Waals surface area contributed by atoms with Gasteiger partial charge in [0.25, 0.3) is 0 Å². The van der Waals surface area contributed by atoms with Gasteiger partial charge in [-0.1, -0.05) is 84.9 Å². The molecule has 1 aliphatic rings. The van der Waals surface area contributed by atoms with Gasteiger partial charge in [-0.25, -0.2) is 9.59 Å². The molecular formula is C33H32N2O4. The minimum absolute atomic E-state index is 0.497. The predicted molar refractivity (Wildman–Crippen MR) is 154 cm³/mol. The number of hydrogen-bond acceptors (Lipinski definition) is 3. The summed E-state index contributed by atoms with van der Waals surface area (Å²) in [4.78, 5) is 21.6. The first-order chi connectivity index (χ1) is 19.0. The molecule has 0 radical (unpaired) electrons. The van der Waals surface area contributed by atoms with Crippen molar-refractivity contribution < 1.29 is 19.8 Å². The first-order valence-corrected chi connectivity index (χ1v) is 13.3. The van der Waals surface area contributed by atoms with Gasteiger partial charge in [-0.15, -0.1) is 0 Å². The van der Waals surface area contributed by atoms with E-state index >= 15 is 0 Å². The van der Waals surface area contributed by atoms with Crippen molar-refractivity contribution in [1.29, 1.82) is 0 Å². The zero-order chi connectivity index (χ0) is 27.2. The molecule has 0 spiro atoms. The van der Waals surface area contributed by atoms with E-state index in [1.165, 1.54) is 50.4 Å². The second-order valence-corrected chi connectivity index (χ2v) is 10.0. The third-order valence-corrected chi connectivity index (χ3v) is 7.59. The second kappa shape index (κ2) is 12.0. The fraction of sp³-hybridized carbons (Fsp3) is 0.212. The van der Waals surface area contributed by atoms with Crippen LogP contribution in [0.3, 0.4) is 0 Å². The average Bonchev–Trinajstić information content (AvgIpc) is 3.37. The molecular weight excluding hydrogens is 488 g/mol. The van der Waals surface area contributed by atoms with E-state index in [0.29, 0.717) is 12.0 Å². The van der Waals surface area contributed by atoms with Crippen LogP contribution >= 0.6 is 0 Å². The van der Waals surface area contributed by atoms with Gasteiger partial charge in [-0.2, -0.15) is 0 Å². The molecule has 198 valence electrons.